The van der Waals surface area contributed by atoms with Crippen LogP contribution in [0.3, 0.4) is 0 Å². The van der Waals surface area contributed by atoms with Crippen LogP contribution >= 0.6 is 0 Å². The molecule has 1 aliphatic carbocycles. The Labute approximate surface area is 273 Å². The van der Waals surface area contributed by atoms with E-state index >= 15 is 0 Å². The van der Waals surface area contributed by atoms with E-state index < -0.39 is 0 Å². The number of hydrogen-bond donors (Lipinski definition) is 0. The van der Waals surface area contributed by atoms with Crippen LogP contribution < -0.4 is 5.19 Å². The van der Waals surface area contributed by atoms with Crippen LogP contribution in [0.2, 0.25) is 0 Å². The molecule has 0 saturated heterocycles. The van der Waals surface area contributed by atoms with Crippen LogP contribution in [0.4, 0.5) is 0 Å². The molecule has 0 aliphatic heterocycles. The van der Waals surface area contributed by atoms with Crippen LogP contribution in [0.15, 0.2) is 115 Å². The van der Waals surface area contributed by atoms with Crippen LogP contribution in [0, 0.1) is 41.5 Å². The summed E-state index contributed by atoms with van der Waals surface area (Å²) in [6.45, 7) is 17.9. The van der Waals surface area contributed by atoms with E-state index in [1.165, 1.54) is 42.9 Å². The summed E-state index contributed by atoms with van der Waals surface area (Å²) in [6.07, 6.45) is 5.40. The van der Waals surface area contributed by atoms with Gasteiger partial charge in [0.05, 0.1) is 9.52 Å². The van der Waals surface area contributed by atoms with Crippen molar-refractivity contribution in [2.24, 2.45) is 0 Å². The zero-order valence-corrected chi connectivity index (χ0v) is 28.2. The molecule has 6 rings (SSSR count). The molecule has 0 N–H and O–H groups in total. The largest absolute Gasteiger partial charge is 4.00 e. The first kappa shape index (κ1) is 35.0. The van der Waals surface area contributed by atoms with Crippen LogP contribution in [-0.2, 0) is 40.6 Å². The molecule has 2 radical (unpaired) electrons. The fourth-order valence-corrected chi connectivity index (χ4v) is 6.23. The second-order valence-electron chi connectivity index (χ2n) is 10.6. The van der Waals surface area contributed by atoms with Crippen molar-refractivity contribution >= 4 is 14.7 Å². The summed E-state index contributed by atoms with van der Waals surface area (Å²) in [5, 5.41) is 1.55. The third kappa shape index (κ3) is 11.9. The molecule has 0 spiro atoms. The number of hydrogen-bond acceptors (Lipinski definition) is 0. The molecule has 0 atom stereocenters. The molecule has 0 unspecified atom stereocenters. The van der Waals surface area contributed by atoms with Crippen molar-refractivity contribution in [3.05, 3.63) is 186 Å². The number of rotatable bonds is 3. The van der Waals surface area contributed by atoms with Crippen molar-refractivity contribution < 1.29 is 21.7 Å². The van der Waals surface area contributed by atoms with E-state index in [1.807, 2.05) is 91.0 Å². The molecule has 2 heteroatoms. The Bertz CT molecular complexity index is 1330. The van der Waals surface area contributed by atoms with Gasteiger partial charge >= 0.3 is 21.7 Å². The minimum absolute atomic E-state index is 0. The third-order valence-corrected chi connectivity index (χ3v) is 8.80. The topological polar surface area (TPSA) is 0 Å². The number of fused-ring (bicyclic) bond motifs is 1. The fourth-order valence-electron chi connectivity index (χ4n) is 4.86. The molecule has 0 saturated carbocycles. The molecule has 0 aromatic heterocycles. The molecule has 0 bridgehead atoms. The maximum absolute atomic E-state index is 3.72. The summed E-state index contributed by atoms with van der Waals surface area (Å²) in [7, 11) is 0.912. The minimum Gasteiger partial charge on any atom is -0.199 e. The van der Waals surface area contributed by atoms with Crippen molar-refractivity contribution in [1.82, 2.24) is 0 Å². The second kappa shape index (κ2) is 19.1. The van der Waals surface area contributed by atoms with Crippen molar-refractivity contribution in [3.8, 4) is 0 Å². The molecule has 42 heavy (non-hydrogen) atoms. The Morgan fingerprint density at radius 2 is 1.07 bits per heavy atom. The predicted molar refractivity (Wildman–Crippen MR) is 181 cm³/mol. The molecule has 0 amide bonds. The maximum atomic E-state index is 3.72. The molecule has 212 valence electrons. The Hall–Kier alpha value is -3.23. The maximum Gasteiger partial charge on any atom is 4.00 e. The van der Waals surface area contributed by atoms with E-state index in [-0.39, 0.29) is 21.7 Å². The Morgan fingerprint density at radius 3 is 1.52 bits per heavy atom. The van der Waals surface area contributed by atoms with Crippen molar-refractivity contribution in [3.63, 3.8) is 0 Å². The number of aryl methyl sites for hydroxylation is 2. The van der Waals surface area contributed by atoms with Crippen molar-refractivity contribution in [2.75, 3.05) is 0 Å². The summed E-state index contributed by atoms with van der Waals surface area (Å²) in [5.41, 5.74) is 12.7. The van der Waals surface area contributed by atoms with Crippen LogP contribution in [-0.4, -0.2) is 9.52 Å². The standard InChI is InChI=1S/C19H23Si.3C7H7.Ti/c1-13-7-6-10-19(15(13)3)20-12-16-11-14(2)17-8-4-5-9-18(16)17;3*1-7-5-3-2-4-6-7;/h6-7,10-11H,4-5,8-9,12H2,1-3H3;3*2-6H,1H2;/q4*-1;+4. The van der Waals surface area contributed by atoms with Gasteiger partial charge in [0.25, 0.3) is 0 Å². The van der Waals surface area contributed by atoms with Crippen molar-refractivity contribution in [2.45, 2.75) is 52.5 Å². The van der Waals surface area contributed by atoms with Gasteiger partial charge < -0.3 is 0 Å². The van der Waals surface area contributed by atoms with Gasteiger partial charge in [-0.1, -0.05) is 80.2 Å². The van der Waals surface area contributed by atoms with Gasteiger partial charge in [-0.3, -0.25) is 0 Å². The third-order valence-electron chi connectivity index (χ3n) is 7.32. The van der Waals surface area contributed by atoms with E-state index in [9.17, 15) is 0 Å². The minimum atomic E-state index is 0. The summed E-state index contributed by atoms with van der Waals surface area (Å²) >= 11 is 0. The molecule has 5 aromatic carbocycles. The Kier molecular flexibility index (Phi) is 15.9. The quantitative estimate of drug-likeness (QED) is 0.143. The summed E-state index contributed by atoms with van der Waals surface area (Å²) in [6, 6.07) is 40.1. The van der Waals surface area contributed by atoms with Gasteiger partial charge in [-0.25, -0.2) is 0 Å². The fraction of sp³-hybridized carbons (Fsp3) is 0.200. The Balaban J connectivity index is 0.000000229. The molecular formula is C40H44SiTi. The molecule has 0 heterocycles. The predicted octanol–water partition coefficient (Wildman–Crippen LogP) is 9.34. The first-order chi connectivity index (χ1) is 19.8. The van der Waals surface area contributed by atoms with Gasteiger partial charge in [0.2, 0.25) is 0 Å². The number of benzene rings is 4. The molecule has 0 fully saturated rings. The van der Waals surface area contributed by atoms with Crippen LogP contribution in [0.25, 0.3) is 0 Å². The molecule has 0 nitrogen and oxygen atoms in total. The average molecular weight is 601 g/mol. The Morgan fingerprint density at radius 1 is 0.595 bits per heavy atom. The smallest absolute Gasteiger partial charge is 0.199 e. The van der Waals surface area contributed by atoms with Gasteiger partial charge in [0.15, 0.2) is 0 Å². The zero-order chi connectivity index (χ0) is 29.5. The normalized spacial score (nSPS) is 11.1. The SMILES string of the molecule is Cc1cccc([Si]C[c-]2cc(C)c3c2CCCC3)c1C.[CH2-]c1ccccc1.[CH2-]c1ccccc1.[CH2-]c1ccccc1.[Ti+4]. The summed E-state index contributed by atoms with van der Waals surface area (Å²) < 4.78 is 0. The van der Waals surface area contributed by atoms with Gasteiger partial charge in [-0.15, -0.1) is 36.4 Å². The molecule has 1 aliphatic rings. The van der Waals surface area contributed by atoms with Crippen molar-refractivity contribution in [1.29, 1.82) is 0 Å². The van der Waals surface area contributed by atoms with Gasteiger partial charge in [0.1, 0.15) is 0 Å². The van der Waals surface area contributed by atoms with E-state index in [2.05, 4.69) is 65.8 Å². The monoisotopic (exact) mass is 600 g/mol. The average Bonchev–Trinajstić information content (AvgIpc) is 3.31. The second-order valence-corrected chi connectivity index (χ2v) is 11.8. The van der Waals surface area contributed by atoms with E-state index in [1.54, 1.807) is 27.4 Å². The zero-order valence-electron chi connectivity index (χ0n) is 25.6. The molecule has 5 aromatic rings. The van der Waals surface area contributed by atoms with Gasteiger partial charge in [-0.05, 0) is 25.0 Å². The van der Waals surface area contributed by atoms with E-state index in [0.29, 0.717) is 0 Å². The first-order valence-electron chi connectivity index (χ1n) is 14.5. The van der Waals surface area contributed by atoms with Crippen LogP contribution in [0.1, 0.15) is 62.9 Å². The van der Waals surface area contributed by atoms with E-state index in [0.717, 1.165) is 26.2 Å². The van der Waals surface area contributed by atoms with Crippen LogP contribution in [0.5, 0.6) is 0 Å². The van der Waals surface area contributed by atoms with Gasteiger partial charge in [0, 0.05) is 0 Å². The summed E-state index contributed by atoms with van der Waals surface area (Å²) in [4.78, 5) is 0. The van der Waals surface area contributed by atoms with E-state index in [4.69, 9.17) is 0 Å². The first-order valence-corrected chi connectivity index (χ1v) is 15.7. The van der Waals surface area contributed by atoms with Gasteiger partial charge in [-0.2, -0.15) is 102 Å². The summed E-state index contributed by atoms with van der Waals surface area (Å²) in [5.74, 6) is 0. The molecular weight excluding hydrogens is 556 g/mol.